The van der Waals surface area contributed by atoms with Gasteiger partial charge in [-0.25, -0.2) is 0 Å². The molecular weight excluding hydrogens is 385 g/mol. The number of hydrogen-bond donors (Lipinski definition) is 1. The molecule has 0 saturated heterocycles. The molecule has 0 fully saturated rings. The van der Waals surface area contributed by atoms with Crippen molar-refractivity contribution in [2.45, 2.75) is 0 Å². The van der Waals surface area contributed by atoms with Crippen LogP contribution in [-0.2, 0) is 4.57 Å². The number of thioether (sulfide) groups is 1. The minimum atomic E-state index is -2.99. The first-order valence-electron chi connectivity index (χ1n) is 8.92. The summed E-state index contributed by atoms with van der Waals surface area (Å²) in [7, 11) is -1.38. The Labute approximate surface area is 169 Å². The first kappa shape index (κ1) is 18.7. The second-order valence-electron chi connectivity index (χ2n) is 6.34. The van der Waals surface area contributed by atoms with Crippen LogP contribution in [0.2, 0.25) is 0 Å². The Morgan fingerprint density at radius 2 is 1.25 bits per heavy atom. The van der Waals surface area contributed by atoms with E-state index in [0.29, 0.717) is 11.4 Å². The van der Waals surface area contributed by atoms with Gasteiger partial charge < -0.3 is 9.82 Å². The average molecular weight is 405 g/mol. The summed E-state index contributed by atoms with van der Waals surface area (Å²) < 4.78 is 19.3. The highest BCUT2D eigenvalue weighted by Crippen LogP contribution is 2.61. The number of methoxy groups -OCH3 is 1. The van der Waals surface area contributed by atoms with Crippen molar-refractivity contribution < 1.29 is 9.30 Å². The summed E-state index contributed by atoms with van der Waals surface area (Å²) in [6.07, 6.45) is 0. The van der Waals surface area contributed by atoms with Crippen molar-refractivity contribution in [3.05, 3.63) is 108 Å². The Morgan fingerprint density at radius 1 is 0.750 bits per heavy atom. The second kappa shape index (κ2) is 8.14. The van der Waals surface area contributed by atoms with E-state index in [4.69, 9.17) is 4.74 Å². The minimum absolute atomic E-state index is 0.667. The topological polar surface area (TPSA) is 38.3 Å². The van der Waals surface area contributed by atoms with Crippen LogP contribution in [0, 0.1) is 0 Å². The van der Waals surface area contributed by atoms with Gasteiger partial charge >= 0.3 is 0 Å². The van der Waals surface area contributed by atoms with E-state index in [1.807, 2.05) is 96.6 Å². The molecule has 1 N–H and O–H groups in total. The van der Waals surface area contributed by atoms with E-state index in [0.717, 1.165) is 20.9 Å². The number of ether oxygens (including phenoxy) is 1. The summed E-state index contributed by atoms with van der Waals surface area (Å²) in [6, 6.07) is 27.7. The summed E-state index contributed by atoms with van der Waals surface area (Å²) in [5, 5.41) is 3.24. The van der Waals surface area contributed by atoms with Crippen LogP contribution in [0.5, 0.6) is 5.75 Å². The predicted octanol–water partition coefficient (Wildman–Crippen LogP) is 7.13. The van der Waals surface area contributed by atoms with Gasteiger partial charge in [-0.1, -0.05) is 84.6 Å². The van der Waals surface area contributed by atoms with Crippen LogP contribution in [0.15, 0.2) is 96.6 Å². The largest absolute Gasteiger partial charge is 0.495 e. The molecule has 3 aromatic rings. The highest BCUT2D eigenvalue weighted by Gasteiger charge is 2.26. The molecular formula is C23H20NO2PS. The summed E-state index contributed by atoms with van der Waals surface area (Å²) in [5.74, 6) is 4.37. The van der Waals surface area contributed by atoms with Crippen LogP contribution in [0.3, 0.4) is 0 Å². The Balaban J connectivity index is 1.79. The molecule has 0 saturated carbocycles. The molecule has 1 heterocycles. The van der Waals surface area contributed by atoms with Gasteiger partial charge in [0.1, 0.15) is 5.75 Å². The lowest BCUT2D eigenvalue weighted by Gasteiger charge is -2.23. The van der Waals surface area contributed by atoms with Gasteiger partial charge in [0.25, 0.3) is 0 Å². The number of benzene rings is 3. The van der Waals surface area contributed by atoms with E-state index in [2.05, 4.69) is 5.09 Å². The molecule has 0 aromatic heterocycles. The normalized spacial score (nSPS) is 15.3. The van der Waals surface area contributed by atoms with Gasteiger partial charge in [0, 0.05) is 21.4 Å². The van der Waals surface area contributed by atoms with Crippen LogP contribution >= 0.6 is 19.1 Å². The summed E-state index contributed by atoms with van der Waals surface area (Å²) in [4.78, 5) is 1.96. The molecule has 1 aliphatic rings. The van der Waals surface area contributed by atoms with E-state index in [1.54, 1.807) is 18.9 Å². The van der Waals surface area contributed by atoms with Crippen molar-refractivity contribution in [1.29, 1.82) is 0 Å². The third kappa shape index (κ3) is 4.09. The Kier molecular flexibility index (Phi) is 5.43. The molecule has 0 radical (unpaired) electrons. The fraction of sp³-hybridized carbons (Fsp3) is 0.0435. The van der Waals surface area contributed by atoms with Crippen LogP contribution in [-0.4, -0.2) is 7.11 Å². The van der Waals surface area contributed by atoms with Gasteiger partial charge in [0.2, 0.25) is 7.29 Å². The molecule has 0 unspecified atom stereocenters. The van der Waals surface area contributed by atoms with E-state index in [-0.39, 0.29) is 0 Å². The van der Waals surface area contributed by atoms with E-state index in [1.165, 1.54) is 0 Å². The Morgan fingerprint density at radius 3 is 1.79 bits per heavy atom. The average Bonchev–Trinajstić information content (AvgIpc) is 2.75. The van der Waals surface area contributed by atoms with Crippen LogP contribution < -0.4 is 9.82 Å². The minimum Gasteiger partial charge on any atom is -0.495 e. The van der Waals surface area contributed by atoms with E-state index in [9.17, 15) is 4.57 Å². The van der Waals surface area contributed by atoms with Gasteiger partial charge in [-0.2, -0.15) is 0 Å². The molecule has 4 rings (SSSR count). The van der Waals surface area contributed by atoms with Crippen LogP contribution in [0.25, 0.3) is 9.81 Å². The SMILES string of the molecule is COc1ccccc1NP1(=O)C=C(c2ccccc2)SC(c2ccccc2)=C1. The number of rotatable bonds is 5. The van der Waals surface area contributed by atoms with E-state index >= 15 is 0 Å². The van der Waals surface area contributed by atoms with Crippen molar-refractivity contribution in [2.75, 3.05) is 12.2 Å². The fourth-order valence-electron chi connectivity index (χ4n) is 3.02. The zero-order valence-corrected chi connectivity index (χ0v) is 17.1. The lowest BCUT2D eigenvalue weighted by Crippen LogP contribution is -1.99. The lowest BCUT2D eigenvalue weighted by molar-refractivity contribution is 0.417. The zero-order valence-electron chi connectivity index (χ0n) is 15.4. The Hall–Kier alpha value is -2.68. The monoisotopic (exact) mass is 405 g/mol. The van der Waals surface area contributed by atoms with Crippen molar-refractivity contribution >= 4 is 34.6 Å². The molecule has 140 valence electrons. The number of para-hydroxylation sites is 2. The van der Waals surface area contributed by atoms with Crippen molar-refractivity contribution in [2.24, 2.45) is 0 Å². The molecule has 0 aliphatic carbocycles. The Bertz CT molecular complexity index is 1020. The van der Waals surface area contributed by atoms with Crippen molar-refractivity contribution in [3.63, 3.8) is 0 Å². The maximum absolute atomic E-state index is 13.9. The highest BCUT2D eigenvalue weighted by atomic mass is 32.2. The fourth-order valence-corrected chi connectivity index (χ4v) is 6.88. The molecule has 0 spiro atoms. The molecule has 0 amide bonds. The van der Waals surface area contributed by atoms with E-state index < -0.39 is 7.29 Å². The smallest absolute Gasteiger partial charge is 0.215 e. The third-order valence-electron chi connectivity index (χ3n) is 4.36. The first-order valence-corrected chi connectivity index (χ1v) is 11.6. The maximum Gasteiger partial charge on any atom is 0.215 e. The standard InChI is InChI=1S/C23H20NO2PS/c1-26-21-15-9-8-14-20(21)24-27(25)16-22(18-10-4-2-5-11-18)28-23(17-27)19-12-6-3-7-13-19/h2-17H,1H3,(H,24,25). The van der Waals surface area contributed by atoms with Crippen LogP contribution in [0.4, 0.5) is 5.69 Å². The molecule has 5 heteroatoms. The van der Waals surface area contributed by atoms with Crippen molar-refractivity contribution in [1.82, 2.24) is 0 Å². The van der Waals surface area contributed by atoms with Crippen LogP contribution in [0.1, 0.15) is 11.1 Å². The maximum atomic E-state index is 13.9. The molecule has 0 atom stereocenters. The molecule has 1 aliphatic heterocycles. The first-order chi connectivity index (χ1) is 13.7. The summed E-state index contributed by atoms with van der Waals surface area (Å²) >= 11 is 1.64. The van der Waals surface area contributed by atoms with Gasteiger partial charge in [-0.05, 0) is 23.3 Å². The van der Waals surface area contributed by atoms with Gasteiger partial charge in [-0.3, -0.25) is 4.57 Å². The number of nitrogens with one attached hydrogen (secondary N) is 1. The summed E-state index contributed by atoms with van der Waals surface area (Å²) in [5.41, 5.74) is 2.82. The molecule has 28 heavy (non-hydrogen) atoms. The zero-order chi connectivity index (χ0) is 19.4. The molecule has 3 aromatic carbocycles. The lowest BCUT2D eigenvalue weighted by atomic mass is 10.2. The highest BCUT2D eigenvalue weighted by molar-refractivity contribution is 8.17. The third-order valence-corrected chi connectivity index (χ3v) is 7.73. The molecule has 3 nitrogen and oxygen atoms in total. The number of hydrogen-bond acceptors (Lipinski definition) is 3. The predicted molar refractivity (Wildman–Crippen MR) is 121 cm³/mol. The molecule has 0 bridgehead atoms. The summed E-state index contributed by atoms with van der Waals surface area (Å²) in [6.45, 7) is 0. The van der Waals surface area contributed by atoms with Gasteiger partial charge in [-0.15, -0.1) is 0 Å². The quantitative estimate of drug-likeness (QED) is 0.458. The van der Waals surface area contributed by atoms with Gasteiger partial charge in [0.05, 0.1) is 12.8 Å². The van der Waals surface area contributed by atoms with Gasteiger partial charge in [0.15, 0.2) is 0 Å². The second-order valence-corrected chi connectivity index (χ2v) is 9.58. The number of anilines is 1. The van der Waals surface area contributed by atoms with Crippen molar-refractivity contribution in [3.8, 4) is 5.75 Å².